The maximum Gasteiger partial charge on any atom is 0.135 e. The monoisotopic (exact) mass is 292 g/mol. The molecule has 1 atom stereocenters. The van der Waals surface area contributed by atoms with Crippen LogP contribution in [-0.4, -0.2) is 18.8 Å². The number of hydrogen-bond donors (Lipinski definition) is 1. The quantitative estimate of drug-likeness (QED) is 0.913. The minimum Gasteiger partial charge on any atom is -0.384 e. The van der Waals surface area contributed by atoms with Crippen LogP contribution in [0.4, 0.5) is 8.78 Å². The smallest absolute Gasteiger partial charge is 0.135 e. The minimum atomic E-state index is -1.32. The molecule has 0 bridgehead atoms. The molecule has 0 spiro atoms. The van der Waals surface area contributed by atoms with Crippen LogP contribution in [0.1, 0.15) is 28.4 Å². The van der Waals surface area contributed by atoms with Crippen LogP contribution < -0.4 is 0 Å². The number of aliphatic hydroxyl groups is 1. The lowest BCUT2D eigenvalue weighted by Crippen LogP contribution is -2.07. The summed E-state index contributed by atoms with van der Waals surface area (Å²) >= 11 is 0. The van der Waals surface area contributed by atoms with Gasteiger partial charge in [0.1, 0.15) is 17.7 Å². The van der Waals surface area contributed by atoms with Gasteiger partial charge in [0, 0.05) is 7.11 Å². The molecule has 0 aliphatic carbocycles. The first-order chi connectivity index (χ1) is 10.0. The molecule has 0 radical (unpaired) electrons. The highest BCUT2D eigenvalue weighted by molar-refractivity contribution is 5.36. The van der Waals surface area contributed by atoms with Crippen LogP contribution >= 0.6 is 0 Å². The third-order valence-corrected chi connectivity index (χ3v) is 3.48. The normalized spacial score (nSPS) is 12.4. The highest BCUT2D eigenvalue weighted by atomic mass is 19.1. The van der Waals surface area contributed by atoms with Crippen molar-refractivity contribution in [2.45, 2.75) is 19.4 Å². The number of benzene rings is 2. The van der Waals surface area contributed by atoms with Gasteiger partial charge in [0.25, 0.3) is 0 Å². The van der Waals surface area contributed by atoms with Gasteiger partial charge < -0.3 is 9.84 Å². The average molecular weight is 292 g/mol. The van der Waals surface area contributed by atoms with Gasteiger partial charge in [-0.1, -0.05) is 30.3 Å². The lowest BCUT2D eigenvalue weighted by Gasteiger charge is -2.15. The van der Waals surface area contributed by atoms with Gasteiger partial charge in [0.2, 0.25) is 0 Å². The van der Waals surface area contributed by atoms with E-state index in [1.807, 2.05) is 12.1 Å². The van der Waals surface area contributed by atoms with E-state index in [0.717, 1.165) is 12.0 Å². The van der Waals surface area contributed by atoms with Crippen molar-refractivity contribution in [2.24, 2.45) is 0 Å². The molecule has 0 aliphatic heterocycles. The van der Waals surface area contributed by atoms with Gasteiger partial charge in [-0.05, 0) is 36.1 Å². The fourth-order valence-electron chi connectivity index (χ4n) is 2.18. The van der Waals surface area contributed by atoms with Gasteiger partial charge in [0.05, 0.1) is 12.2 Å². The first-order valence-corrected chi connectivity index (χ1v) is 6.75. The van der Waals surface area contributed by atoms with Crippen LogP contribution in [0.15, 0.2) is 36.4 Å². The molecule has 0 amide bonds. The largest absolute Gasteiger partial charge is 0.384 e. The number of hydrogen-bond acceptors (Lipinski definition) is 2. The van der Waals surface area contributed by atoms with Gasteiger partial charge in [-0.2, -0.15) is 0 Å². The van der Waals surface area contributed by atoms with Gasteiger partial charge in [-0.25, -0.2) is 8.78 Å². The molecule has 2 nitrogen and oxygen atoms in total. The Kier molecular flexibility index (Phi) is 5.04. The number of ether oxygens (including phenoxy) is 1. The summed E-state index contributed by atoms with van der Waals surface area (Å²) in [6.07, 6.45) is -0.568. The third-order valence-electron chi connectivity index (χ3n) is 3.48. The van der Waals surface area contributed by atoms with Crippen molar-refractivity contribution < 1.29 is 18.6 Å². The van der Waals surface area contributed by atoms with E-state index >= 15 is 0 Å². The SMILES string of the molecule is COCCc1ccc(C(O)c2c(F)ccc(C)c2F)cc1. The van der Waals surface area contributed by atoms with E-state index in [1.165, 1.54) is 12.1 Å². The summed E-state index contributed by atoms with van der Waals surface area (Å²) in [5.74, 6) is -1.44. The molecular formula is C17H18F2O2. The molecule has 2 aromatic rings. The molecule has 0 aromatic heterocycles. The van der Waals surface area contributed by atoms with E-state index in [9.17, 15) is 13.9 Å². The molecule has 112 valence electrons. The maximum atomic E-state index is 14.0. The Bertz CT molecular complexity index is 609. The van der Waals surface area contributed by atoms with Crippen LogP contribution in [0.2, 0.25) is 0 Å². The second kappa shape index (κ2) is 6.78. The summed E-state index contributed by atoms with van der Waals surface area (Å²) < 4.78 is 32.8. The molecule has 21 heavy (non-hydrogen) atoms. The number of methoxy groups -OCH3 is 1. The zero-order valence-corrected chi connectivity index (χ0v) is 12.1. The average Bonchev–Trinajstić information content (AvgIpc) is 2.49. The van der Waals surface area contributed by atoms with Crippen molar-refractivity contribution in [3.05, 3.63) is 70.3 Å². The van der Waals surface area contributed by atoms with Crippen LogP contribution in [0.25, 0.3) is 0 Å². The summed E-state index contributed by atoms with van der Waals surface area (Å²) in [5.41, 5.74) is 1.50. The minimum absolute atomic E-state index is 0.306. The topological polar surface area (TPSA) is 29.5 Å². The van der Waals surface area contributed by atoms with Gasteiger partial charge in [-0.15, -0.1) is 0 Å². The Labute approximate surface area is 123 Å². The Morgan fingerprint density at radius 1 is 1.10 bits per heavy atom. The molecule has 0 aliphatic rings. The Morgan fingerprint density at radius 3 is 2.38 bits per heavy atom. The van der Waals surface area contributed by atoms with Gasteiger partial charge in [-0.3, -0.25) is 0 Å². The highest BCUT2D eigenvalue weighted by Gasteiger charge is 2.21. The van der Waals surface area contributed by atoms with Crippen molar-refractivity contribution >= 4 is 0 Å². The van der Waals surface area contributed by atoms with Crippen molar-refractivity contribution in [1.29, 1.82) is 0 Å². The molecular weight excluding hydrogens is 274 g/mol. The summed E-state index contributed by atoms with van der Waals surface area (Å²) in [7, 11) is 1.63. The summed E-state index contributed by atoms with van der Waals surface area (Å²) in [5, 5.41) is 10.2. The number of rotatable bonds is 5. The number of aryl methyl sites for hydroxylation is 1. The first-order valence-electron chi connectivity index (χ1n) is 6.75. The second-order valence-corrected chi connectivity index (χ2v) is 4.98. The predicted octanol–water partition coefficient (Wildman–Crippen LogP) is 3.54. The summed E-state index contributed by atoms with van der Waals surface area (Å²) in [6, 6.07) is 9.53. The predicted molar refractivity (Wildman–Crippen MR) is 77.2 cm³/mol. The van der Waals surface area contributed by atoms with E-state index < -0.39 is 17.7 Å². The fraction of sp³-hybridized carbons (Fsp3) is 0.294. The first kappa shape index (κ1) is 15.6. The Morgan fingerprint density at radius 2 is 1.76 bits per heavy atom. The fourth-order valence-corrected chi connectivity index (χ4v) is 2.18. The van der Waals surface area contributed by atoms with Gasteiger partial charge >= 0.3 is 0 Å². The standard InChI is InChI=1S/C17H18F2O2/c1-11-3-8-14(18)15(16(11)19)17(20)13-6-4-12(5-7-13)9-10-21-2/h3-8,17,20H,9-10H2,1-2H3. The Hall–Kier alpha value is -1.78. The summed E-state index contributed by atoms with van der Waals surface area (Å²) in [4.78, 5) is 0. The molecule has 0 fully saturated rings. The number of halogens is 2. The Balaban J connectivity index is 2.28. The molecule has 4 heteroatoms. The lowest BCUT2D eigenvalue weighted by molar-refractivity contribution is 0.202. The van der Waals surface area contributed by atoms with Crippen LogP contribution in [0.3, 0.4) is 0 Å². The van der Waals surface area contributed by atoms with E-state index in [-0.39, 0.29) is 5.56 Å². The lowest BCUT2D eigenvalue weighted by atomic mass is 9.97. The molecule has 0 saturated heterocycles. The van der Waals surface area contributed by atoms with Crippen LogP contribution in [0, 0.1) is 18.6 Å². The van der Waals surface area contributed by atoms with E-state index in [2.05, 4.69) is 0 Å². The van der Waals surface area contributed by atoms with Crippen molar-refractivity contribution in [2.75, 3.05) is 13.7 Å². The van der Waals surface area contributed by atoms with Crippen LogP contribution in [-0.2, 0) is 11.2 Å². The highest BCUT2D eigenvalue weighted by Crippen LogP contribution is 2.28. The van der Waals surface area contributed by atoms with Gasteiger partial charge in [0.15, 0.2) is 0 Å². The zero-order valence-electron chi connectivity index (χ0n) is 12.1. The molecule has 0 saturated carbocycles. The molecule has 0 heterocycles. The zero-order chi connectivity index (χ0) is 15.4. The maximum absolute atomic E-state index is 14.0. The van der Waals surface area contributed by atoms with Crippen molar-refractivity contribution in [3.63, 3.8) is 0 Å². The van der Waals surface area contributed by atoms with E-state index in [4.69, 9.17) is 4.74 Å². The van der Waals surface area contributed by atoms with E-state index in [0.29, 0.717) is 17.7 Å². The molecule has 1 N–H and O–H groups in total. The number of aliphatic hydroxyl groups excluding tert-OH is 1. The molecule has 2 aromatic carbocycles. The summed E-state index contributed by atoms with van der Waals surface area (Å²) in [6.45, 7) is 2.14. The van der Waals surface area contributed by atoms with E-state index in [1.54, 1.807) is 26.2 Å². The third kappa shape index (κ3) is 3.46. The molecule has 1 unspecified atom stereocenters. The van der Waals surface area contributed by atoms with Crippen molar-refractivity contribution in [3.8, 4) is 0 Å². The van der Waals surface area contributed by atoms with Crippen LogP contribution in [0.5, 0.6) is 0 Å². The van der Waals surface area contributed by atoms with Crippen molar-refractivity contribution in [1.82, 2.24) is 0 Å². The second-order valence-electron chi connectivity index (χ2n) is 4.98. The molecule has 2 rings (SSSR count).